The second-order valence-corrected chi connectivity index (χ2v) is 6.61. The third-order valence-electron chi connectivity index (χ3n) is 4.25. The van der Waals surface area contributed by atoms with Crippen LogP contribution in [-0.4, -0.2) is 12.2 Å². The first-order valence-electron chi connectivity index (χ1n) is 7.03. The third-order valence-corrected chi connectivity index (χ3v) is 4.84. The fourth-order valence-corrected chi connectivity index (χ4v) is 3.51. The van der Waals surface area contributed by atoms with Gasteiger partial charge in [-0.3, -0.25) is 0 Å². The van der Waals surface area contributed by atoms with Crippen LogP contribution in [0, 0.1) is 11.8 Å². The topological polar surface area (TPSA) is 26.0 Å². The highest BCUT2D eigenvalue weighted by molar-refractivity contribution is 6.35. The first kappa shape index (κ1) is 16.9. The predicted octanol–water partition coefficient (Wildman–Crippen LogP) is 5.23. The van der Waals surface area contributed by atoms with Crippen molar-refractivity contribution in [2.45, 2.75) is 44.3 Å². The van der Waals surface area contributed by atoms with Crippen LogP contribution in [0.2, 0.25) is 10.0 Å². The van der Waals surface area contributed by atoms with Crippen LogP contribution in [0.3, 0.4) is 0 Å². The van der Waals surface area contributed by atoms with Gasteiger partial charge in [0.1, 0.15) is 0 Å². The number of hydrogen-bond donors (Lipinski definition) is 1. The molecule has 0 amide bonds. The third kappa shape index (κ3) is 4.51. The van der Waals surface area contributed by atoms with E-state index < -0.39 is 12.1 Å². The number of benzene rings is 1. The molecule has 118 valence electrons. The van der Waals surface area contributed by atoms with Crippen molar-refractivity contribution in [3.63, 3.8) is 0 Å². The summed E-state index contributed by atoms with van der Waals surface area (Å²) in [7, 11) is 0. The summed E-state index contributed by atoms with van der Waals surface area (Å²) in [6.07, 6.45) is -1.97. The Hall–Kier alpha value is -0.450. The molecule has 1 aromatic rings. The Morgan fingerprint density at radius 3 is 2.57 bits per heavy atom. The molecule has 1 saturated carbocycles. The largest absolute Gasteiger partial charge is 0.391 e. The van der Waals surface area contributed by atoms with Crippen LogP contribution in [-0.2, 0) is 6.42 Å². The lowest BCUT2D eigenvalue weighted by Gasteiger charge is -2.34. The minimum Gasteiger partial charge on any atom is -0.327 e. The van der Waals surface area contributed by atoms with Crippen molar-refractivity contribution in [2.24, 2.45) is 17.6 Å². The van der Waals surface area contributed by atoms with Crippen LogP contribution >= 0.6 is 23.2 Å². The predicted molar refractivity (Wildman–Crippen MR) is 79.6 cm³/mol. The zero-order chi connectivity index (χ0) is 15.6. The van der Waals surface area contributed by atoms with Gasteiger partial charge in [-0.25, -0.2) is 0 Å². The molecule has 0 spiro atoms. The molecule has 1 aliphatic rings. The van der Waals surface area contributed by atoms with E-state index in [0.717, 1.165) is 12.0 Å². The number of hydrogen-bond acceptors (Lipinski definition) is 1. The van der Waals surface area contributed by atoms with E-state index in [9.17, 15) is 13.2 Å². The van der Waals surface area contributed by atoms with Crippen molar-refractivity contribution in [2.75, 3.05) is 0 Å². The van der Waals surface area contributed by atoms with Crippen molar-refractivity contribution in [3.8, 4) is 0 Å². The summed E-state index contributed by atoms with van der Waals surface area (Å²) < 4.78 is 38.5. The summed E-state index contributed by atoms with van der Waals surface area (Å²) in [5.74, 6) is -1.33. The highest BCUT2D eigenvalue weighted by atomic mass is 35.5. The normalized spacial score (nSPS) is 24.9. The standard InChI is InChI=1S/C15H18Cl2F3N/c16-12-5-4-9(13(17)8-12)7-14(21)10-2-1-3-11(6-10)15(18,19)20/h4-5,8,10-11,14H,1-3,6-7,21H2. The first-order chi connectivity index (χ1) is 9.77. The second-order valence-electron chi connectivity index (χ2n) is 5.77. The summed E-state index contributed by atoms with van der Waals surface area (Å²) in [5.41, 5.74) is 6.97. The van der Waals surface area contributed by atoms with Gasteiger partial charge >= 0.3 is 6.18 Å². The molecule has 3 atom stereocenters. The Kier molecular flexibility index (Phi) is 5.44. The Balaban J connectivity index is 2.01. The molecule has 2 N–H and O–H groups in total. The van der Waals surface area contributed by atoms with Crippen LogP contribution in [0.5, 0.6) is 0 Å². The van der Waals surface area contributed by atoms with E-state index in [4.69, 9.17) is 28.9 Å². The molecular weight excluding hydrogens is 322 g/mol. The molecule has 3 unspecified atom stereocenters. The molecule has 0 saturated heterocycles. The van der Waals surface area contributed by atoms with Gasteiger partial charge in [0.2, 0.25) is 0 Å². The zero-order valence-electron chi connectivity index (χ0n) is 11.5. The van der Waals surface area contributed by atoms with Gasteiger partial charge in [-0.2, -0.15) is 13.2 Å². The summed E-state index contributed by atoms with van der Waals surface area (Å²) in [4.78, 5) is 0. The van der Waals surface area contributed by atoms with Gasteiger partial charge in [0.05, 0.1) is 5.92 Å². The number of alkyl halides is 3. The molecule has 1 aromatic carbocycles. The van der Waals surface area contributed by atoms with Crippen LogP contribution in [0.25, 0.3) is 0 Å². The zero-order valence-corrected chi connectivity index (χ0v) is 13.0. The summed E-state index contributed by atoms with van der Waals surface area (Å²) in [6.45, 7) is 0. The molecule has 2 rings (SSSR count). The van der Waals surface area contributed by atoms with E-state index >= 15 is 0 Å². The summed E-state index contributed by atoms with van der Waals surface area (Å²) >= 11 is 11.9. The van der Waals surface area contributed by atoms with Gasteiger partial charge in [-0.05, 0) is 49.3 Å². The molecule has 21 heavy (non-hydrogen) atoms. The number of nitrogens with two attached hydrogens (primary N) is 1. The van der Waals surface area contributed by atoms with Crippen LogP contribution in [0.15, 0.2) is 18.2 Å². The molecule has 0 heterocycles. The quantitative estimate of drug-likeness (QED) is 0.801. The van der Waals surface area contributed by atoms with Crippen molar-refractivity contribution >= 4 is 23.2 Å². The maximum Gasteiger partial charge on any atom is 0.391 e. The highest BCUT2D eigenvalue weighted by Crippen LogP contribution is 2.41. The molecule has 1 aliphatic carbocycles. The molecule has 0 bridgehead atoms. The SMILES string of the molecule is NC(Cc1ccc(Cl)cc1Cl)C1CCCC(C(F)(F)F)C1. The Bertz CT molecular complexity index is 490. The van der Waals surface area contributed by atoms with Gasteiger partial charge in [0.25, 0.3) is 0 Å². The van der Waals surface area contributed by atoms with Crippen molar-refractivity contribution in [1.29, 1.82) is 0 Å². The van der Waals surface area contributed by atoms with E-state index in [1.54, 1.807) is 18.2 Å². The molecule has 1 fully saturated rings. The van der Waals surface area contributed by atoms with E-state index in [0.29, 0.717) is 22.9 Å². The fraction of sp³-hybridized carbons (Fsp3) is 0.600. The second kappa shape index (κ2) is 6.76. The van der Waals surface area contributed by atoms with Gasteiger partial charge in [-0.15, -0.1) is 0 Å². The lowest BCUT2D eigenvalue weighted by Crippen LogP contribution is -2.38. The van der Waals surface area contributed by atoms with Crippen LogP contribution in [0.4, 0.5) is 13.2 Å². The molecule has 6 heteroatoms. The van der Waals surface area contributed by atoms with Crippen molar-refractivity contribution < 1.29 is 13.2 Å². The maximum atomic E-state index is 12.8. The Labute approximate surface area is 132 Å². The first-order valence-corrected chi connectivity index (χ1v) is 7.79. The smallest absolute Gasteiger partial charge is 0.327 e. The fourth-order valence-electron chi connectivity index (χ4n) is 3.02. The van der Waals surface area contributed by atoms with Gasteiger partial charge in [-0.1, -0.05) is 35.7 Å². The van der Waals surface area contributed by atoms with Gasteiger partial charge < -0.3 is 5.73 Å². The highest BCUT2D eigenvalue weighted by Gasteiger charge is 2.43. The van der Waals surface area contributed by atoms with E-state index in [-0.39, 0.29) is 24.8 Å². The van der Waals surface area contributed by atoms with Crippen LogP contribution in [0.1, 0.15) is 31.2 Å². The Morgan fingerprint density at radius 2 is 1.95 bits per heavy atom. The lowest BCUT2D eigenvalue weighted by atomic mass is 9.76. The molecular formula is C15H18Cl2F3N. The van der Waals surface area contributed by atoms with Crippen molar-refractivity contribution in [1.82, 2.24) is 0 Å². The number of halogens is 5. The lowest BCUT2D eigenvalue weighted by molar-refractivity contribution is -0.186. The minimum atomic E-state index is -4.11. The van der Waals surface area contributed by atoms with Crippen molar-refractivity contribution in [3.05, 3.63) is 33.8 Å². The average molecular weight is 340 g/mol. The van der Waals surface area contributed by atoms with E-state index in [1.807, 2.05) is 0 Å². The summed E-state index contributed by atoms with van der Waals surface area (Å²) in [5, 5.41) is 1.05. The average Bonchev–Trinajstić information content (AvgIpc) is 2.41. The monoisotopic (exact) mass is 339 g/mol. The summed E-state index contributed by atoms with van der Waals surface area (Å²) in [6, 6.07) is 4.82. The van der Waals surface area contributed by atoms with E-state index in [1.165, 1.54) is 0 Å². The number of rotatable bonds is 3. The molecule has 0 aromatic heterocycles. The van der Waals surface area contributed by atoms with Gasteiger partial charge in [0, 0.05) is 16.1 Å². The maximum absolute atomic E-state index is 12.8. The Morgan fingerprint density at radius 1 is 1.24 bits per heavy atom. The van der Waals surface area contributed by atoms with Gasteiger partial charge in [0.15, 0.2) is 0 Å². The van der Waals surface area contributed by atoms with Crippen LogP contribution < -0.4 is 5.73 Å². The minimum absolute atomic E-state index is 0.114. The molecule has 0 aliphatic heterocycles. The van der Waals surface area contributed by atoms with E-state index in [2.05, 4.69) is 0 Å². The molecule has 1 nitrogen and oxygen atoms in total. The molecule has 0 radical (unpaired) electrons.